The molecule has 194 valence electrons. The molecule has 0 atom stereocenters. The Morgan fingerprint density at radius 2 is 1.39 bits per heavy atom. The van der Waals surface area contributed by atoms with E-state index in [1.807, 2.05) is 15.4 Å². The Morgan fingerprint density at radius 3 is 1.89 bits per heavy atom. The summed E-state index contributed by atoms with van der Waals surface area (Å²) in [5.74, 6) is 0. The van der Waals surface area contributed by atoms with Gasteiger partial charge < -0.3 is 24.8 Å². The first-order valence-corrected chi connectivity index (χ1v) is 21.3. The van der Waals surface area contributed by atoms with Crippen LogP contribution in [0.1, 0.15) is 56.1 Å². The number of fused-ring (bicyclic) bond motifs is 3. The van der Waals surface area contributed by atoms with Gasteiger partial charge in [-0.3, -0.25) is 6.08 Å². The molecule has 5 rings (SSSR count). The Kier molecular flexibility index (Phi) is 14.3. The molecule has 0 N–H and O–H groups in total. The van der Waals surface area contributed by atoms with Crippen molar-refractivity contribution in [3.63, 3.8) is 0 Å². The summed E-state index contributed by atoms with van der Waals surface area (Å²) in [7, 11) is -2.52. The summed E-state index contributed by atoms with van der Waals surface area (Å²) in [5.41, 5.74) is 5.79. The zero-order chi connectivity index (χ0) is 24.8. The van der Waals surface area contributed by atoms with Crippen LogP contribution in [0.25, 0.3) is 11.1 Å². The van der Waals surface area contributed by atoms with Crippen LogP contribution < -0.4 is 35.2 Å². The maximum atomic E-state index is 3.58. The van der Waals surface area contributed by atoms with E-state index in [1.165, 1.54) is 66.0 Å². The van der Waals surface area contributed by atoms with Crippen LogP contribution in [0.3, 0.4) is 0 Å². The van der Waals surface area contributed by atoms with Crippen molar-refractivity contribution in [2.45, 2.75) is 90.6 Å². The van der Waals surface area contributed by atoms with Crippen molar-refractivity contribution in [2.75, 3.05) is 0 Å². The summed E-state index contributed by atoms with van der Waals surface area (Å²) < 4.78 is 1.81. The Bertz CT molecular complexity index is 978. The first-order chi connectivity index (χ1) is 16.1. The van der Waals surface area contributed by atoms with Gasteiger partial charge in [0.05, 0.1) is 8.07 Å². The molecule has 36 heavy (non-hydrogen) atoms. The van der Waals surface area contributed by atoms with Gasteiger partial charge >= 0.3 is 66.0 Å². The monoisotopic (exact) mass is 630 g/mol. The van der Waals surface area contributed by atoms with E-state index in [0.29, 0.717) is 0 Å². The van der Waals surface area contributed by atoms with Crippen LogP contribution in [-0.4, -0.2) is 19.4 Å². The van der Waals surface area contributed by atoms with E-state index in [9.17, 15) is 0 Å². The van der Waals surface area contributed by atoms with Crippen molar-refractivity contribution < 1.29 is 49.0 Å². The predicted octanol–water partition coefficient (Wildman–Crippen LogP) is 1.52. The normalized spacial score (nSPS) is 15.7. The number of rotatable bonds is 2. The van der Waals surface area contributed by atoms with Gasteiger partial charge in [0.25, 0.3) is 0 Å². The van der Waals surface area contributed by atoms with Gasteiger partial charge in [0.2, 0.25) is 0 Å². The third kappa shape index (κ3) is 10.1. The zero-order valence-electron chi connectivity index (χ0n) is 23.0. The van der Waals surface area contributed by atoms with Gasteiger partial charge in [-0.1, -0.05) is 73.8 Å². The Morgan fingerprint density at radius 1 is 0.778 bits per heavy atom. The summed E-state index contributed by atoms with van der Waals surface area (Å²) in [5, 5.41) is 3.08. The van der Waals surface area contributed by atoms with Crippen LogP contribution in [0.5, 0.6) is 0 Å². The van der Waals surface area contributed by atoms with E-state index < -0.39 is 16.1 Å². The predicted molar refractivity (Wildman–Crippen MR) is 154 cm³/mol. The Balaban J connectivity index is 0.000000356. The second kappa shape index (κ2) is 15.3. The molecule has 0 aliphatic heterocycles. The van der Waals surface area contributed by atoms with Crippen molar-refractivity contribution in [3.05, 3.63) is 71.8 Å². The van der Waals surface area contributed by atoms with Gasteiger partial charge in [-0.25, -0.2) is 12.2 Å². The Labute approximate surface area is 250 Å². The van der Waals surface area contributed by atoms with Gasteiger partial charge in [-0.2, -0.15) is 35.0 Å². The molecule has 0 spiro atoms. The summed E-state index contributed by atoms with van der Waals surface area (Å²) in [4.78, 5) is 0. The zero-order valence-corrected chi connectivity index (χ0v) is 29.0. The molecule has 5 heteroatoms. The van der Waals surface area contributed by atoms with Crippen LogP contribution in [-0.2, 0) is 30.7 Å². The first-order valence-electron chi connectivity index (χ1n) is 13.0. The SMILES string of the molecule is C[Si](C)(C)c1c[c-]c2c(c1)-c1cc([Si](C)(C)C)ccc1C2.[C-]1=CC=CC1.[Cl-].[Cl-].[Zr+2]=[C]1CCCCCC1. The molecule has 0 aromatic heterocycles. The van der Waals surface area contributed by atoms with Gasteiger partial charge in [-0.05, 0) is 6.42 Å². The van der Waals surface area contributed by atoms with E-state index in [-0.39, 0.29) is 24.8 Å². The molecule has 0 unspecified atom stereocenters. The quantitative estimate of drug-likeness (QED) is 0.229. The molecule has 0 nitrogen and oxygen atoms in total. The van der Waals surface area contributed by atoms with Crippen molar-refractivity contribution in [3.8, 4) is 11.1 Å². The summed E-state index contributed by atoms with van der Waals surface area (Å²) >= 11 is 1.69. The van der Waals surface area contributed by atoms with Crippen LogP contribution in [0.2, 0.25) is 39.3 Å². The molecule has 2 aromatic carbocycles. The average molecular weight is 633 g/mol. The first kappa shape index (κ1) is 33.7. The van der Waals surface area contributed by atoms with Crippen LogP contribution in [0, 0.1) is 12.1 Å². The molecule has 0 saturated heterocycles. The number of benzene rings is 2. The molecule has 2 aromatic rings. The van der Waals surface area contributed by atoms with Gasteiger partial charge in [0.15, 0.2) is 0 Å². The molecule has 1 fully saturated rings. The fraction of sp³-hybridized carbons (Fsp3) is 0.452. The van der Waals surface area contributed by atoms with Crippen molar-refractivity contribution in [1.82, 2.24) is 0 Å². The fourth-order valence-corrected chi connectivity index (χ4v) is 7.59. The molecule has 0 amide bonds. The van der Waals surface area contributed by atoms with Crippen LogP contribution >= 0.6 is 0 Å². The van der Waals surface area contributed by atoms with E-state index in [1.54, 1.807) is 29.4 Å². The van der Waals surface area contributed by atoms with E-state index in [0.717, 1.165) is 12.8 Å². The molecule has 3 aliphatic carbocycles. The molecule has 0 heterocycles. The topological polar surface area (TPSA) is 0 Å². The Hall–Kier alpha value is -0.313. The molecule has 0 bridgehead atoms. The third-order valence-corrected chi connectivity index (χ3v) is 12.1. The number of allylic oxidation sites excluding steroid dienone is 4. The van der Waals surface area contributed by atoms with E-state index in [4.69, 9.17) is 0 Å². The summed E-state index contributed by atoms with van der Waals surface area (Å²) in [6.07, 6.45) is 19.9. The number of hydrogen-bond donors (Lipinski definition) is 0. The average Bonchev–Trinajstić information content (AvgIpc) is 3.41. The number of hydrogen-bond acceptors (Lipinski definition) is 0. The van der Waals surface area contributed by atoms with E-state index in [2.05, 4.69) is 87.8 Å². The maximum absolute atomic E-state index is 3.58. The molecular weight excluding hydrogens is 591 g/mol. The van der Waals surface area contributed by atoms with Crippen molar-refractivity contribution in [1.29, 1.82) is 0 Å². The number of halogens is 2. The summed E-state index contributed by atoms with van der Waals surface area (Å²) in [6.45, 7) is 14.5. The van der Waals surface area contributed by atoms with Crippen LogP contribution in [0.4, 0.5) is 0 Å². The second-order valence-electron chi connectivity index (χ2n) is 11.9. The van der Waals surface area contributed by atoms with Gasteiger partial charge in [0, 0.05) is 8.07 Å². The standard InChI is InChI=1S/C19H25Si2.C7H12.C5H5.2ClH.Zr/c1-20(2,3)16-9-7-14-11-15-8-10-17(21(4,5)6)13-19(15)18(14)12-16;1-2-4-6-7-5-3-1;1-2-4-5-3-1;;;/h7,9-10,12-13H,11H2,1-6H3;1-6H2;1-3H,4H2;2*1H;/q-1;;-1;;;+2/p-2. The molecular formula is C31H42Cl2Si2Zr-2. The summed E-state index contributed by atoms with van der Waals surface area (Å²) in [6, 6.07) is 15.5. The van der Waals surface area contributed by atoms with E-state index >= 15 is 0 Å². The van der Waals surface area contributed by atoms with Gasteiger partial charge in [0.1, 0.15) is 0 Å². The van der Waals surface area contributed by atoms with Crippen LogP contribution in [0.15, 0.2) is 48.6 Å². The minimum atomic E-state index is -1.27. The molecule has 0 radical (unpaired) electrons. The van der Waals surface area contributed by atoms with Crippen molar-refractivity contribution in [2.24, 2.45) is 0 Å². The third-order valence-electron chi connectivity index (χ3n) is 6.82. The fourth-order valence-electron chi connectivity index (χ4n) is 4.48. The minimum absolute atomic E-state index is 0. The molecule has 1 saturated carbocycles. The van der Waals surface area contributed by atoms with Gasteiger partial charge in [-0.15, -0.1) is 12.0 Å². The van der Waals surface area contributed by atoms with Crippen molar-refractivity contribution >= 4 is 29.7 Å². The second-order valence-corrected chi connectivity index (χ2v) is 23.7. The molecule has 3 aliphatic rings.